The zero-order valence-corrected chi connectivity index (χ0v) is 14.4. The highest BCUT2D eigenvalue weighted by Gasteiger charge is 2.19. The van der Waals surface area contributed by atoms with Crippen LogP contribution in [0, 0.1) is 5.41 Å². The molecule has 0 aliphatic heterocycles. The minimum Gasteiger partial charge on any atom is -0.337 e. The van der Waals surface area contributed by atoms with Crippen molar-refractivity contribution in [3.63, 3.8) is 0 Å². The molecule has 2 aromatic heterocycles. The van der Waals surface area contributed by atoms with Crippen LogP contribution in [-0.4, -0.2) is 38.4 Å². The Kier molecular flexibility index (Phi) is 3.93. The molecule has 0 bridgehead atoms. The number of rotatable bonds is 4. The van der Waals surface area contributed by atoms with Crippen LogP contribution in [0.5, 0.6) is 0 Å². The molecule has 6 nitrogen and oxygen atoms in total. The van der Waals surface area contributed by atoms with Crippen LogP contribution in [0.4, 0.5) is 0 Å². The minimum atomic E-state index is 0.232. The lowest BCUT2D eigenvalue weighted by Crippen LogP contribution is -2.28. The van der Waals surface area contributed by atoms with E-state index in [-0.39, 0.29) is 5.41 Å². The Morgan fingerprint density at radius 1 is 1.22 bits per heavy atom. The van der Waals surface area contributed by atoms with Gasteiger partial charge < -0.3 is 4.52 Å². The van der Waals surface area contributed by atoms with Crippen molar-refractivity contribution in [3.05, 3.63) is 30.2 Å². The Morgan fingerprint density at radius 2 is 1.96 bits per heavy atom. The number of nitrogens with zero attached hydrogens (tertiary/aromatic N) is 5. The highest BCUT2D eigenvalue weighted by atomic mass is 16.5. The quantitative estimate of drug-likeness (QED) is 0.740. The van der Waals surface area contributed by atoms with Crippen molar-refractivity contribution in [2.45, 2.75) is 27.3 Å². The Balaban J connectivity index is 1.85. The second kappa shape index (κ2) is 5.77. The first-order chi connectivity index (χ1) is 10.8. The van der Waals surface area contributed by atoms with E-state index in [1.54, 1.807) is 4.68 Å². The average molecular weight is 313 g/mol. The summed E-state index contributed by atoms with van der Waals surface area (Å²) < 4.78 is 7.24. The molecule has 0 aliphatic rings. The van der Waals surface area contributed by atoms with Crippen molar-refractivity contribution in [1.29, 1.82) is 0 Å². The van der Waals surface area contributed by atoms with E-state index >= 15 is 0 Å². The first-order valence-electron chi connectivity index (χ1n) is 7.77. The lowest BCUT2D eigenvalue weighted by Gasteiger charge is -2.25. The summed E-state index contributed by atoms with van der Waals surface area (Å²) in [4.78, 5) is 6.75. The Morgan fingerprint density at radius 3 is 2.70 bits per heavy atom. The van der Waals surface area contributed by atoms with Gasteiger partial charge in [0.15, 0.2) is 0 Å². The molecular formula is C17H23N5O. The standard InChI is InChI=1S/C17H23N5O/c1-17(2,3)11-21(4)10-14-18-16(20-23-14)15-12-8-6-7-9-13(12)19-22(15)5/h6-9H,10-11H2,1-5H3. The van der Waals surface area contributed by atoms with Gasteiger partial charge in [0.05, 0.1) is 12.1 Å². The van der Waals surface area contributed by atoms with E-state index in [1.165, 1.54) is 0 Å². The van der Waals surface area contributed by atoms with Crippen LogP contribution in [0.25, 0.3) is 22.4 Å². The Labute approximate surface area is 136 Å². The summed E-state index contributed by atoms with van der Waals surface area (Å²) in [5.41, 5.74) is 2.05. The first kappa shape index (κ1) is 15.7. The molecule has 1 aromatic carbocycles. The fraction of sp³-hybridized carbons (Fsp3) is 0.471. The van der Waals surface area contributed by atoms with Crippen LogP contribution in [-0.2, 0) is 13.6 Å². The maximum Gasteiger partial charge on any atom is 0.241 e. The van der Waals surface area contributed by atoms with Crippen molar-refractivity contribution in [2.24, 2.45) is 12.5 Å². The van der Waals surface area contributed by atoms with Crippen molar-refractivity contribution in [1.82, 2.24) is 24.8 Å². The molecule has 2 heterocycles. The SMILES string of the molecule is CN(Cc1nc(-c2c3ccccc3nn2C)no1)CC(C)(C)C. The topological polar surface area (TPSA) is 60.0 Å². The molecule has 0 saturated carbocycles. The fourth-order valence-corrected chi connectivity index (χ4v) is 2.92. The molecule has 0 spiro atoms. The zero-order valence-electron chi connectivity index (χ0n) is 14.4. The van der Waals surface area contributed by atoms with E-state index in [0.29, 0.717) is 18.3 Å². The second-order valence-electron chi connectivity index (χ2n) is 7.23. The molecule has 0 saturated heterocycles. The summed E-state index contributed by atoms with van der Waals surface area (Å²) in [6, 6.07) is 7.98. The maximum absolute atomic E-state index is 5.43. The van der Waals surface area contributed by atoms with Gasteiger partial charge in [-0.15, -0.1) is 0 Å². The number of fused-ring (bicyclic) bond motifs is 1. The number of hydrogen-bond acceptors (Lipinski definition) is 5. The average Bonchev–Trinajstić information content (AvgIpc) is 2.99. The number of hydrogen-bond donors (Lipinski definition) is 0. The molecule has 0 unspecified atom stereocenters. The van der Waals surface area contributed by atoms with Crippen LogP contribution in [0.3, 0.4) is 0 Å². The Bertz CT molecular complexity index is 812. The van der Waals surface area contributed by atoms with E-state index in [0.717, 1.165) is 23.1 Å². The summed E-state index contributed by atoms with van der Waals surface area (Å²) in [6.07, 6.45) is 0. The van der Waals surface area contributed by atoms with E-state index < -0.39 is 0 Å². The molecule has 3 rings (SSSR count). The van der Waals surface area contributed by atoms with Crippen LogP contribution in [0.15, 0.2) is 28.8 Å². The third kappa shape index (κ3) is 3.42. The maximum atomic E-state index is 5.43. The molecule has 0 aliphatic carbocycles. The predicted molar refractivity (Wildman–Crippen MR) is 89.8 cm³/mol. The first-order valence-corrected chi connectivity index (χ1v) is 7.77. The molecule has 0 N–H and O–H groups in total. The summed E-state index contributed by atoms with van der Waals surface area (Å²) in [7, 11) is 3.96. The van der Waals surface area contributed by atoms with Crippen LogP contribution >= 0.6 is 0 Å². The molecule has 6 heteroatoms. The van der Waals surface area contributed by atoms with E-state index in [2.05, 4.69) is 48.0 Å². The molecule has 23 heavy (non-hydrogen) atoms. The lowest BCUT2D eigenvalue weighted by atomic mass is 9.96. The number of aromatic nitrogens is 4. The Hall–Kier alpha value is -2.21. The largest absolute Gasteiger partial charge is 0.337 e. The van der Waals surface area contributed by atoms with Gasteiger partial charge in [0.25, 0.3) is 0 Å². The molecule has 0 amide bonds. The lowest BCUT2D eigenvalue weighted by molar-refractivity contribution is 0.198. The summed E-state index contributed by atoms with van der Waals surface area (Å²) in [6.45, 7) is 8.24. The van der Waals surface area contributed by atoms with Crippen molar-refractivity contribution >= 4 is 10.9 Å². The van der Waals surface area contributed by atoms with Gasteiger partial charge in [-0.3, -0.25) is 9.58 Å². The number of benzene rings is 1. The van der Waals surface area contributed by atoms with E-state index in [4.69, 9.17) is 4.52 Å². The fourth-order valence-electron chi connectivity index (χ4n) is 2.92. The molecule has 122 valence electrons. The molecular weight excluding hydrogens is 290 g/mol. The van der Waals surface area contributed by atoms with Gasteiger partial charge in [-0.2, -0.15) is 10.1 Å². The van der Waals surface area contributed by atoms with Gasteiger partial charge in [0.2, 0.25) is 11.7 Å². The van der Waals surface area contributed by atoms with E-state index in [9.17, 15) is 0 Å². The monoisotopic (exact) mass is 313 g/mol. The van der Waals surface area contributed by atoms with Gasteiger partial charge in [0.1, 0.15) is 5.69 Å². The van der Waals surface area contributed by atoms with Crippen LogP contribution < -0.4 is 0 Å². The predicted octanol–water partition coefficient (Wildman–Crippen LogP) is 3.10. The van der Waals surface area contributed by atoms with Gasteiger partial charge in [-0.1, -0.05) is 44.1 Å². The third-order valence-electron chi connectivity index (χ3n) is 3.57. The zero-order chi connectivity index (χ0) is 16.6. The van der Waals surface area contributed by atoms with E-state index in [1.807, 2.05) is 31.3 Å². The molecule has 3 aromatic rings. The van der Waals surface area contributed by atoms with Gasteiger partial charge in [0, 0.05) is 19.0 Å². The molecule has 0 atom stereocenters. The third-order valence-corrected chi connectivity index (χ3v) is 3.57. The highest BCUT2D eigenvalue weighted by molar-refractivity contribution is 5.91. The normalized spacial score (nSPS) is 12.4. The summed E-state index contributed by atoms with van der Waals surface area (Å²) in [5, 5.41) is 9.67. The molecule has 0 radical (unpaired) electrons. The van der Waals surface area contributed by atoms with Crippen molar-refractivity contribution in [3.8, 4) is 11.5 Å². The van der Waals surface area contributed by atoms with Gasteiger partial charge in [-0.05, 0) is 18.5 Å². The second-order valence-corrected chi connectivity index (χ2v) is 7.23. The number of aryl methyl sites for hydroxylation is 1. The van der Waals surface area contributed by atoms with Crippen LogP contribution in [0.1, 0.15) is 26.7 Å². The minimum absolute atomic E-state index is 0.232. The van der Waals surface area contributed by atoms with Crippen LogP contribution in [0.2, 0.25) is 0 Å². The summed E-state index contributed by atoms with van der Waals surface area (Å²) in [5.74, 6) is 1.21. The van der Waals surface area contributed by atoms with Crippen molar-refractivity contribution in [2.75, 3.05) is 13.6 Å². The van der Waals surface area contributed by atoms with Crippen molar-refractivity contribution < 1.29 is 4.52 Å². The van der Waals surface area contributed by atoms with Gasteiger partial charge in [-0.25, -0.2) is 0 Å². The highest BCUT2D eigenvalue weighted by Crippen LogP contribution is 2.26. The molecule has 0 fully saturated rings. The smallest absolute Gasteiger partial charge is 0.241 e. The van der Waals surface area contributed by atoms with Gasteiger partial charge >= 0.3 is 0 Å². The summed E-state index contributed by atoms with van der Waals surface area (Å²) >= 11 is 0.